The molecule has 3 heteroatoms. The van der Waals surface area contributed by atoms with E-state index in [9.17, 15) is 0 Å². The molecule has 1 saturated heterocycles. The molecule has 104 valence electrons. The van der Waals surface area contributed by atoms with Gasteiger partial charge in [-0.2, -0.15) is 11.8 Å². The zero-order valence-electron chi connectivity index (χ0n) is 11.6. The quantitative estimate of drug-likeness (QED) is 0.900. The molecule has 3 rings (SSSR count). The third-order valence-electron chi connectivity index (χ3n) is 4.83. The van der Waals surface area contributed by atoms with Crippen molar-refractivity contribution in [3.05, 3.63) is 35.4 Å². The Bertz CT molecular complexity index is 427. The predicted molar refractivity (Wildman–Crippen MR) is 83.5 cm³/mol. The molecule has 2 heterocycles. The van der Waals surface area contributed by atoms with Gasteiger partial charge in [0.1, 0.15) is 0 Å². The molecular formula is C16H24N2S. The number of rotatable bonds is 2. The topological polar surface area (TPSA) is 29.3 Å². The van der Waals surface area contributed by atoms with E-state index < -0.39 is 0 Å². The van der Waals surface area contributed by atoms with Crippen molar-refractivity contribution < 1.29 is 0 Å². The van der Waals surface area contributed by atoms with Crippen LogP contribution in [0, 0.1) is 0 Å². The summed E-state index contributed by atoms with van der Waals surface area (Å²) in [5.41, 5.74) is 9.52. The van der Waals surface area contributed by atoms with Gasteiger partial charge < -0.3 is 5.73 Å². The number of fused-ring (bicyclic) bond motifs is 1. The van der Waals surface area contributed by atoms with Gasteiger partial charge in [0.2, 0.25) is 0 Å². The molecule has 1 aromatic rings. The third kappa shape index (κ3) is 2.69. The van der Waals surface area contributed by atoms with Crippen LogP contribution in [0.25, 0.3) is 0 Å². The van der Waals surface area contributed by atoms with Crippen LogP contribution in [0.5, 0.6) is 0 Å². The maximum absolute atomic E-state index is 6.19. The molecule has 0 aliphatic carbocycles. The van der Waals surface area contributed by atoms with Gasteiger partial charge >= 0.3 is 0 Å². The summed E-state index contributed by atoms with van der Waals surface area (Å²) in [5, 5.41) is 0. The summed E-state index contributed by atoms with van der Waals surface area (Å²) in [7, 11) is 0. The zero-order valence-corrected chi connectivity index (χ0v) is 12.4. The summed E-state index contributed by atoms with van der Waals surface area (Å²) < 4.78 is 0. The maximum Gasteiger partial charge on any atom is 0.0350 e. The number of hydrogen-bond acceptors (Lipinski definition) is 3. The Morgan fingerprint density at radius 2 is 1.89 bits per heavy atom. The molecule has 0 spiro atoms. The van der Waals surface area contributed by atoms with Crippen LogP contribution in [0.15, 0.2) is 24.3 Å². The van der Waals surface area contributed by atoms with Gasteiger partial charge in [0.05, 0.1) is 0 Å². The second-order valence-electron chi connectivity index (χ2n) is 5.83. The van der Waals surface area contributed by atoms with Crippen molar-refractivity contribution in [3.8, 4) is 0 Å². The zero-order chi connectivity index (χ0) is 13.1. The minimum atomic E-state index is 0.267. The Kier molecular flexibility index (Phi) is 4.15. The molecule has 0 aromatic heterocycles. The van der Waals surface area contributed by atoms with Crippen molar-refractivity contribution in [2.45, 2.75) is 37.8 Å². The fraction of sp³-hybridized carbons (Fsp3) is 0.625. The van der Waals surface area contributed by atoms with Gasteiger partial charge in [0, 0.05) is 18.6 Å². The Morgan fingerprint density at radius 3 is 2.63 bits per heavy atom. The number of nitrogens with two attached hydrogens (primary N) is 1. The van der Waals surface area contributed by atoms with Gasteiger partial charge in [0.25, 0.3) is 0 Å². The molecule has 2 aliphatic heterocycles. The van der Waals surface area contributed by atoms with Crippen molar-refractivity contribution in [1.29, 1.82) is 0 Å². The lowest BCUT2D eigenvalue weighted by molar-refractivity contribution is 0.0780. The first-order valence-corrected chi connectivity index (χ1v) is 8.59. The molecule has 0 bridgehead atoms. The fourth-order valence-electron chi connectivity index (χ4n) is 3.51. The maximum atomic E-state index is 6.19. The Balaban J connectivity index is 1.84. The van der Waals surface area contributed by atoms with Gasteiger partial charge in [-0.3, -0.25) is 4.90 Å². The van der Waals surface area contributed by atoms with E-state index in [2.05, 4.69) is 40.9 Å². The van der Waals surface area contributed by atoms with E-state index in [1.54, 1.807) is 5.56 Å². The second kappa shape index (κ2) is 5.86. The first kappa shape index (κ1) is 13.5. The SMILES string of the molecule is NCC1(N2CCCc3ccccc3C2)CCSCC1. The summed E-state index contributed by atoms with van der Waals surface area (Å²) in [6.07, 6.45) is 5.01. The second-order valence-corrected chi connectivity index (χ2v) is 7.06. The molecule has 2 nitrogen and oxygen atoms in total. The number of nitrogens with zero attached hydrogens (tertiary/aromatic N) is 1. The molecule has 19 heavy (non-hydrogen) atoms. The van der Waals surface area contributed by atoms with E-state index in [4.69, 9.17) is 5.73 Å². The van der Waals surface area contributed by atoms with Crippen molar-refractivity contribution in [1.82, 2.24) is 4.90 Å². The lowest BCUT2D eigenvalue weighted by Crippen LogP contribution is -2.55. The van der Waals surface area contributed by atoms with Gasteiger partial charge in [-0.05, 0) is 54.9 Å². The van der Waals surface area contributed by atoms with Crippen LogP contribution in [-0.4, -0.2) is 35.0 Å². The number of thioether (sulfide) groups is 1. The van der Waals surface area contributed by atoms with Gasteiger partial charge in [-0.1, -0.05) is 24.3 Å². The number of hydrogen-bond donors (Lipinski definition) is 1. The Hall–Kier alpha value is -0.510. The highest BCUT2D eigenvalue weighted by atomic mass is 32.2. The standard InChI is InChI=1S/C16H24N2S/c17-13-16(7-10-19-11-8-16)18-9-3-6-14-4-1-2-5-15(14)12-18/h1-2,4-5H,3,6-13,17H2. The van der Waals surface area contributed by atoms with E-state index in [1.165, 1.54) is 49.3 Å². The van der Waals surface area contributed by atoms with E-state index in [1.807, 2.05) is 0 Å². The van der Waals surface area contributed by atoms with Crippen LogP contribution in [0.2, 0.25) is 0 Å². The molecule has 0 radical (unpaired) electrons. The highest BCUT2D eigenvalue weighted by Gasteiger charge is 2.37. The summed E-state index contributed by atoms with van der Waals surface area (Å²) in [4.78, 5) is 2.69. The summed E-state index contributed by atoms with van der Waals surface area (Å²) in [5.74, 6) is 2.55. The summed E-state index contributed by atoms with van der Waals surface area (Å²) >= 11 is 2.09. The first-order chi connectivity index (χ1) is 9.34. The van der Waals surface area contributed by atoms with Crippen LogP contribution in [0.1, 0.15) is 30.4 Å². The predicted octanol–water partition coefficient (Wildman–Crippen LogP) is 2.66. The smallest absolute Gasteiger partial charge is 0.0350 e. The highest BCUT2D eigenvalue weighted by molar-refractivity contribution is 7.99. The van der Waals surface area contributed by atoms with E-state index in [-0.39, 0.29) is 5.54 Å². The summed E-state index contributed by atoms with van der Waals surface area (Å²) in [6, 6.07) is 8.94. The monoisotopic (exact) mass is 276 g/mol. The number of benzene rings is 1. The molecule has 0 unspecified atom stereocenters. The fourth-order valence-corrected chi connectivity index (χ4v) is 4.76. The van der Waals surface area contributed by atoms with Gasteiger partial charge in [-0.15, -0.1) is 0 Å². The largest absolute Gasteiger partial charge is 0.329 e. The molecular weight excluding hydrogens is 252 g/mol. The van der Waals surface area contributed by atoms with E-state index in [0.29, 0.717) is 0 Å². The van der Waals surface area contributed by atoms with Gasteiger partial charge in [0.15, 0.2) is 0 Å². The minimum absolute atomic E-state index is 0.267. The van der Waals surface area contributed by atoms with Crippen molar-refractivity contribution in [2.24, 2.45) is 5.73 Å². The molecule has 0 amide bonds. The molecule has 2 aliphatic rings. The number of aryl methyl sites for hydroxylation is 1. The van der Waals surface area contributed by atoms with Crippen LogP contribution >= 0.6 is 11.8 Å². The Labute approximate surface area is 120 Å². The van der Waals surface area contributed by atoms with Crippen LogP contribution in [-0.2, 0) is 13.0 Å². The van der Waals surface area contributed by atoms with Crippen molar-refractivity contribution in [3.63, 3.8) is 0 Å². The lowest BCUT2D eigenvalue weighted by Gasteiger charge is -2.45. The molecule has 1 aromatic carbocycles. The average molecular weight is 276 g/mol. The van der Waals surface area contributed by atoms with Crippen molar-refractivity contribution >= 4 is 11.8 Å². The lowest BCUT2D eigenvalue weighted by atomic mass is 9.89. The van der Waals surface area contributed by atoms with Crippen LogP contribution < -0.4 is 5.73 Å². The van der Waals surface area contributed by atoms with Gasteiger partial charge in [-0.25, -0.2) is 0 Å². The average Bonchev–Trinajstić information content (AvgIpc) is 2.70. The molecule has 2 N–H and O–H groups in total. The highest BCUT2D eigenvalue weighted by Crippen LogP contribution is 2.34. The Morgan fingerprint density at radius 1 is 1.16 bits per heavy atom. The molecule has 0 atom stereocenters. The minimum Gasteiger partial charge on any atom is -0.329 e. The van der Waals surface area contributed by atoms with Crippen LogP contribution in [0.4, 0.5) is 0 Å². The third-order valence-corrected chi connectivity index (χ3v) is 5.81. The van der Waals surface area contributed by atoms with E-state index in [0.717, 1.165) is 13.1 Å². The van der Waals surface area contributed by atoms with Crippen molar-refractivity contribution in [2.75, 3.05) is 24.6 Å². The molecule has 1 fully saturated rings. The molecule has 0 saturated carbocycles. The first-order valence-electron chi connectivity index (χ1n) is 7.44. The van der Waals surface area contributed by atoms with Crippen LogP contribution in [0.3, 0.4) is 0 Å². The normalized spacial score (nSPS) is 23.6. The summed E-state index contributed by atoms with van der Waals surface area (Å²) in [6.45, 7) is 3.12. The van der Waals surface area contributed by atoms with E-state index >= 15 is 0 Å².